The number of benzene rings is 1. The van der Waals surface area contributed by atoms with Gasteiger partial charge in [-0.25, -0.2) is 0 Å². The van der Waals surface area contributed by atoms with Crippen molar-refractivity contribution in [1.29, 1.82) is 0 Å². The Morgan fingerprint density at radius 3 is 2.56 bits per heavy atom. The van der Waals surface area contributed by atoms with Gasteiger partial charge in [0.1, 0.15) is 4.90 Å². The van der Waals surface area contributed by atoms with Gasteiger partial charge in [0.2, 0.25) is 0 Å². The minimum absolute atomic E-state index is 0. The zero-order valence-corrected chi connectivity index (χ0v) is 10.0. The highest BCUT2D eigenvalue weighted by Crippen LogP contribution is 2.23. The van der Waals surface area contributed by atoms with Crippen LogP contribution in [0.5, 0.6) is 0 Å². The summed E-state index contributed by atoms with van der Waals surface area (Å²) in [6, 6.07) is 6.27. The van der Waals surface area contributed by atoms with Crippen molar-refractivity contribution in [2.24, 2.45) is 0 Å². The lowest BCUT2D eigenvalue weighted by atomic mass is 10.1. The van der Waals surface area contributed by atoms with Crippen LogP contribution >= 0.6 is 12.4 Å². The number of rotatable bonds is 1. The predicted molar refractivity (Wildman–Crippen MR) is 63.5 cm³/mol. The summed E-state index contributed by atoms with van der Waals surface area (Å²) in [4.78, 5) is 3.98. The number of hydrogen-bond donors (Lipinski definition) is 1. The molecule has 0 unspecified atom stereocenters. The topological polar surface area (TPSA) is 67.3 Å². The van der Waals surface area contributed by atoms with Gasteiger partial charge < -0.3 is 0 Å². The van der Waals surface area contributed by atoms with Gasteiger partial charge in [0, 0.05) is 11.6 Å². The zero-order chi connectivity index (χ0) is 11.1. The van der Waals surface area contributed by atoms with E-state index in [1.54, 1.807) is 24.4 Å². The molecule has 0 bridgehead atoms. The molecule has 2 aromatic rings. The fourth-order valence-corrected chi connectivity index (χ4v) is 2.20. The van der Waals surface area contributed by atoms with Crippen molar-refractivity contribution in [3.63, 3.8) is 0 Å². The van der Waals surface area contributed by atoms with E-state index in [2.05, 4.69) is 4.98 Å². The molecule has 1 aromatic carbocycles. The average molecular weight is 260 g/mol. The SMILES string of the molecule is Cc1ccc(S(=O)(=O)O)c2cccnc12.Cl. The third-order valence-corrected chi connectivity index (χ3v) is 3.12. The van der Waals surface area contributed by atoms with Gasteiger partial charge in [-0.1, -0.05) is 6.07 Å². The largest absolute Gasteiger partial charge is 0.295 e. The molecule has 0 aliphatic carbocycles. The molecule has 1 N–H and O–H groups in total. The predicted octanol–water partition coefficient (Wildman–Crippen LogP) is 2.21. The molecule has 86 valence electrons. The van der Waals surface area contributed by atoms with Gasteiger partial charge in [-0.2, -0.15) is 8.42 Å². The van der Waals surface area contributed by atoms with E-state index in [1.807, 2.05) is 6.92 Å². The highest BCUT2D eigenvalue weighted by molar-refractivity contribution is 7.86. The van der Waals surface area contributed by atoms with Crippen molar-refractivity contribution in [1.82, 2.24) is 4.98 Å². The quantitative estimate of drug-likeness (QED) is 0.798. The number of aryl methyl sites for hydroxylation is 1. The first kappa shape index (κ1) is 12.9. The van der Waals surface area contributed by atoms with E-state index >= 15 is 0 Å². The van der Waals surface area contributed by atoms with Crippen LogP contribution in [-0.4, -0.2) is 18.0 Å². The third kappa shape index (κ3) is 2.16. The van der Waals surface area contributed by atoms with E-state index in [1.165, 1.54) is 6.07 Å². The molecule has 0 fully saturated rings. The van der Waals surface area contributed by atoms with Crippen LogP contribution in [0.1, 0.15) is 5.56 Å². The molecule has 16 heavy (non-hydrogen) atoms. The van der Waals surface area contributed by atoms with Gasteiger partial charge in [0.25, 0.3) is 10.1 Å². The van der Waals surface area contributed by atoms with Crippen molar-refractivity contribution in [3.05, 3.63) is 36.0 Å². The van der Waals surface area contributed by atoms with Crippen molar-refractivity contribution in [2.75, 3.05) is 0 Å². The van der Waals surface area contributed by atoms with Crippen LogP contribution in [0.25, 0.3) is 10.9 Å². The number of halogens is 1. The second-order valence-electron chi connectivity index (χ2n) is 3.26. The molecule has 0 spiro atoms. The minimum Gasteiger partial charge on any atom is -0.282 e. The maximum absolute atomic E-state index is 11.1. The highest BCUT2D eigenvalue weighted by atomic mass is 35.5. The van der Waals surface area contributed by atoms with Crippen LogP contribution in [0, 0.1) is 6.92 Å². The van der Waals surface area contributed by atoms with Gasteiger partial charge in [-0.3, -0.25) is 9.54 Å². The Morgan fingerprint density at radius 1 is 1.25 bits per heavy atom. The molecular formula is C10H10ClNO3S. The lowest BCUT2D eigenvalue weighted by molar-refractivity contribution is 0.484. The smallest absolute Gasteiger partial charge is 0.282 e. The molecule has 0 radical (unpaired) electrons. The van der Waals surface area contributed by atoms with Gasteiger partial charge in [-0.15, -0.1) is 12.4 Å². The Kier molecular flexibility index (Phi) is 3.52. The molecule has 2 rings (SSSR count). The Bertz CT molecular complexity index is 625. The monoisotopic (exact) mass is 259 g/mol. The Morgan fingerprint density at radius 2 is 1.94 bits per heavy atom. The fourth-order valence-electron chi connectivity index (χ4n) is 1.51. The molecule has 0 atom stereocenters. The molecule has 4 nitrogen and oxygen atoms in total. The molecule has 1 heterocycles. The molecule has 0 saturated carbocycles. The van der Waals surface area contributed by atoms with Crippen LogP contribution in [-0.2, 0) is 10.1 Å². The number of pyridine rings is 1. The first-order chi connectivity index (χ1) is 7.00. The minimum atomic E-state index is -4.19. The van der Waals surface area contributed by atoms with E-state index < -0.39 is 10.1 Å². The summed E-state index contributed by atoms with van der Waals surface area (Å²) in [5.41, 5.74) is 1.46. The normalized spacial score (nSPS) is 11.1. The number of hydrogen-bond acceptors (Lipinski definition) is 3. The lowest BCUT2D eigenvalue weighted by Crippen LogP contribution is -2.00. The first-order valence-electron chi connectivity index (χ1n) is 4.32. The highest BCUT2D eigenvalue weighted by Gasteiger charge is 2.14. The van der Waals surface area contributed by atoms with Gasteiger partial charge in [0.05, 0.1) is 5.52 Å². The maximum Gasteiger partial charge on any atom is 0.295 e. The summed E-state index contributed by atoms with van der Waals surface area (Å²) >= 11 is 0. The van der Waals surface area contributed by atoms with Crippen molar-refractivity contribution < 1.29 is 13.0 Å². The summed E-state index contributed by atoms with van der Waals surface area (Å²) in [5, 5.41) is 0.444. The molecule has 1 aromatic heterocycles. The van der Waals surface area contributed by atoms with Crippen LogP contribution < -0.4 is 0 Å². The van der Waals surface area contributed by atoms with Crippen LogP contribution in [0.3, 0.4) is 0 Å². The van der Waals surface area contributed by atoms with Gasteiger partial charge in [-0.05, 0) is 30.7 Å². The van der Waals surface area contributed by atoms with Crippen LogP contribution in [0.2, 0.25) is 0 Å². The number of aromatic nitrogens is 1. The second kappa shape index (κ2) is 4.37. The fraction of sp³-hybridized carbons (Fsp3) is 0.100. The van der Waals surface area contributed by atoms with Crippen molar-refractivity contribution in [3.8, 4) is 0 Å². The molecular weight excluding hydrogens is 250 g/mol. The Balaban J connectivity index is 0.00000128. The van der Waals surface area contributed by atoms with Gasteiger partial charge >= 0.3 is 0 Å². The molecule has 0 amide bonds. The van der Waals surface area contributed by atoms with Crippen LogP contribution in [0.15, 0.2) is 35.4 Å². The van der Waals surface area contributed by atoms with E-state index in [0.29, 0.717) is 10.9 Å². The lowest BCUT2D eigenvalue weighted by Gasteiger charge is -2.04. The summed E-state index contributed by atoms with van der Waals surface area (Å²) in [5.74, 6) is 0. The van der Waals surface area contributed by atoms with E-state index in [0.717, 1.165) is 5.56 Å². The number of nitrogens with zero attached hydrogens (tertiary/aromatic N) is 1. The second-order valence-corrected chi connectivity index (χ2v) is 4.65. The van der Waals surface area contributed by atoms with E-state index in [4.69, 9.17) is 4.55 Å². The summed E-state index contributed by atoms with van der Waals surface area (Å²) in [7, 11) is -4.19. The number of fused-ring (bicyclic) bond motifs is 1. The standard InChI is InChI=1S/C10H9NO3S.ClH/c1-7-4-5-9(15(12,13)14)8-3-2-6-11-10(7)8;/h2-6H,1H3,(H,12,13,14);1H. The zero-order valence-electron chi connectivity index (χ0n) is 8.41. The molecule has 0 saturated heterocycles. The van der Waals surface area contributed by atoms with Crippen molar-refractivity contribution in [2.45, 2.75) is 11.8 Å². The third-order valence-electron chi connectivity index (χ3n) is 2.21. The van der Waals surface area contributed by atoms with Crippen molar-refractivity contribution >= 4 is 33.4 Å². The molecule has 0 aliphatic heterocycles. The van der Waals surface area contributed by atoms with E-state index in [-0.39, 0.29) is 17.3 Å². The Labute approximate surface area is 99.5 Å². The first-order valence-corrected chi connectivity index (χ1v) is 5.76. The van der Waals surface area contributed by atoms with Gasteiger partial charge in [0.15, 0.2) is 0 Å². The van der Waals surface area contributed by atoms with E-state index in [9.17, 15) is 8.42 Å². The van der Waals surface area contributed by atoms with Crippen LogP contribution in [0.4, 0.5) is 0 Å². The Hall–Kier alpha value is -1.17. The summed E-state index contributed by atoms with van der Waals surface area (Å²) in [6.45, 7) is 1.84. The maximum atomic E-state index is 11.1. The average Bonchev–Trinajstić information content (AvgIpc) is 2.17. The summed E-state index contributed by atoms with van der Waals surface area (Å²) in [6.07, 6.45) is 1.59. The molecule has 0 aliphatic rings. The summed E-state index contributed by atoms with van der Waals surface area (Å²) < 4.78 is 31.2. The molecule has 6 heteroatoms.